The van der Waals surface area contributed by atoms with Crippen molar-refractivity contribution in [3.63, 3.8) is 0 Å². The van der Waals surface area contributed by atoms with Crippen LogP contribution in [-0.4, -0.2) is 51.1 Å². The summed E-state index contributed by atoms with van der Waals surface area (Å²) < 4.78 is 38.7. The fraction of sp³-hybridized carbons (Fsp3) is 0.474. The van der Waals surface area contributed by atoms with E-state index < -0.39 is 21.5 Å². The number of thiophene rings is 1. The van der Waals surface area contributed by atoms with Crippen LogP contribution in [0.2, 0.25) is 0 Å². The quantitative estimate of drug-likeness (QED) is 0.0405. The first-order valence-corrected chi connectivity index (χ1v) is 20.9. The SMILES string of the molecule is CCOC(=O)CCCCCCCCCCC(=O)Nc1cccc(C)c1-c1cccc(S(=O)(=O)c2cc(C=NNC(=O)OC(C)(C)C)sc2SC)c1. The third-order valence-corrected chi connectivity index (χ3v) is 12.0. The van der Waals surface area contributed by atoms with E-state index in [1.807, 2.05) is 44.4 Å². The molecule has 51 heavy (non-hydrogen) atoms. The van der Waals surface area contributed by atoms with E-state index in [2.05, 4.69) is 15.8 Å². The number of amides is 2. The lowest BCUT2D eigenvalue weighted by Gasteiger charge is -2.18. The van der Waals surface area contributed by atoms with Crippen LogP contribution in [0.4, 0.5) is 10.5 Å². The van der Waals surface area contributed by atoms with Crippen LogP contribution in [0.25, 0.3) is 11.1 Å². The van der Waals surface area contributed by atoms with E-state index in [9.17, 15) is 22.8 Å². The van der Waals surface area contributed by atoms with E-state index in [1.54, 1.807) is 45.0 Å². The molecular formula is C38H51N3O7S3. The number of nitrogens with one attached hydrogen (secondary N) is 2. The van der Waals surface area contributed by atoms with Gasteiger partial charge in [-0.3, -0.25) is 9.59 Å². The Kier molecular flexibility index (Phi) is 16.7. The maximum absolute atomic E-state index is 14.0. The maximum Gasteiger partial charge on any atom is 0.428 e. The Morgan fingerprint density at radius 2 is 1.57 bits per heavy atom. The number of anilines is 1. The van der Waals surface area contributed by atoms with Gasteiger partial charge < -0.3 is 14.8 Å². The molecular weight excluding hydrogens is 707 g/mol. The molecule has 2 amide bonds. The summed E-state index contributed by atoms with van der Waals surface area (Å²) in [5, 5.41) is 6.99. The van der Waals surface area contributed by atoms with Gasteiger partial charge in [0.1, 0.15) is 5.60 Å². The van der Waals surface area contributed by atoms with Crippen molar-refractivity contribution in [1.82, 2.24) is 5.43 Å². The molecule has 0 saturated carbocycles. The average molecular weight is 758 g/mol. The van der Waals surface area contributed by atoms with Crippen molar-refractivity contribution >= 4 is 62.8 Å². The number of carbonyl (C=O) groups is 3. The second kappa shape index (κ2) is 20.4. The highest BCUT2D eigenvalue weighted by atomic mass is 32.2. The number of ether oxygens (including phenoxy) is 2. The number of rotatable bonds is 19. The number of unbranched alkanes of at least 4 members (excludes halogenated alkanes) is 7. The lowest BCUT2D eigenvalue weighted by molar-refractivity contribution is -0.143. The van der Waals surface area contributed by atoms with Crippen LogP contribution in [0.3, 0.4) is 0 Å². The molecule has 2 N–H and O–H groups in total. The lowest BCUT2D eigenvalue weighted by atomic mass is 9.98. The Balaban J connectivity index is 1.63. The normalized spacial score (nSPS) is 11.8. The van der Waals surface area contributed by atoms with E-state index in [0.29, 0.717) is 39.8 Å². The van der Waals surface area contributed by atoms with E-state index in [0.717, 1.165) is 62.5 Å². The summed E-state index contributed by atoms with van der Waals surface area (Å²) in [4.78, 5) is 37.2. The summed E-state index contributed by atoms with van der Waals surface area (Å²) in [6.45, 7) is 9.42. The lowest BCUT2D eigenvalue weighted by Crippen LogP contribution is -2.29. The van der Waals surface area contributed by atoms with Crippen LogP contribution in [0.15, 0.2) is 67.6 Å². The summed E-state index contributed by atoms with van der Waals surface area (Å²) >= 11 is 2.57. The van der Waals surface area contributed by atoms with Gasteiger partial charge in [-0.2, -0.15) is 5.10 Å². The summed E-state index contributed by atoms with van der Waals surface area (Å²) in [6.07, 6.45) is 11.4. The minimum Gasteiger partial charge on any atom is -0.466 e. The van der Waals surface area contributed by atoms with Crippen LogP contribution >= 0.6 is 23.1 Å². The third-order valence-electron chi connectivity index (χ3n) is 7.73. The van der Waals surface area contributed by atoms with Crippen molar-refractivity contribution in [2.75, 3.05) is 18.2 Å². The van der Waals surface area contributed by atoms with Gasteiger partial charge in [-0.05, 0) is 89.1 Å². The first-order chi connectivity index (χ1) is 24.2. The van der Waals surface area contributed by atoms with Crippen LogP contribution < -0.4 is 10.7 Å². The van der Waals surface area contributed by atoms with Gasteiger partial charge in [-0.15, -0.1) is 23.1 Å². The monoisotopic (exact) mass is 757 g/mol. The summed E-state index contributed by atoms with van der Waals surface area (Å²) in [6, 6.07) is 14.0. The fourth-order valence-corrected chi connectivity index (χ4v) is 9.32. The Bertz CT molecular complexity index is 1760. The molecule has 1 heterocycles. The van der Waals surface area contributed by atoms with E-state index in [-0.39, 0.29) is 21.7 Å². The number of aryl methyl sites for hydroxylation is 1. The summed E-state index contributed by atoms with van der Waals surface area (Å²) in [5.41, 5.74) is 4.61. The summed E-state index contributed by atoms with van der Waals surface area (Å²) in [7, 11) is -3.93. The molecule has 3 aromatic rings. The van der Waals surface area contributed by atoms with E-state index in [4.69, 9.17) is 9.47 Å². The highest BCUT2D eigenvalue weighted by Crippen LogP contribution is 2.38. The van der Waals surface area contributed by atoms with Gasteiger partial charge in [0.25, 0.3) is 0 Å². The van der Waals surface area contributed by atoms with Gasteiger partial charge in [0, 0.05) is 29.0 Å². The van der Waals surface area contributed by atoms with Crippen LogP contribution in [0, 0.1) is 6.92 Å². The largest absolute Gasteiger partial charge is 0.466 e. The van der Waals surface area contributed by atoms with Gasteiger partial charge in [0.05, 0.1) is 26.8 Å². The maximum atomic E-state index is 14.0. The van der Waals surface area contributed by atoms with Crippen molar-refractivity contribution in [2.24, 2.45) is 5.10 Å². The number of nitrogens with zero attached hydrogens (tertiary/aromatic N) is 1. The molecule has 0 aliphatic rings. The minimum atomic E-state index is -3.93. The number of carbonyl (C=O) groups excluding carboxylic acids is 3. The third kappa shape index (κ3) is 13.8. The molecule has 10 nitrogen and oxygen atoms in total. The van der Waals surface area contributed by atoms with Crippen molar-refractivity contribution in [2.45, 2.75) is 118 Å². The molecule has 0 aliphatic carbocycles. The molecule has 0 unspecified atom stereocenters. The summed E-state index contributed by atoms with van der Waals surface area (Å²) in [5.74, 6) is -0.202. The van der Waals surface area contributed by atoms with E-state index in [1.165, 1.54) is 29.3 Å². The zero-order valence-electron chi connectivity index (χ0n) is 30.5. The van der Waals surface area contributed by atoms with Gasteiger partial charge in [-0.1, -0.05) is 62.8 Å². The molecule has 1 aromatic heterocycles. The molecule has 2 aromatic carbocycles. The smallest absolute Gasteiger partial charge is 0.428 e. The first kappa shape index (κ1) is 41.7. The number of esters is 1. The number of benzene rings is 2. The predicted molar refractivity (Wildman–Crippen MR) is 207 cm³/mol. The Labute approximate surface area is 311 Å². The predicted octanol–water partition coefficient (Wildman–Crippen LogP) is 9.54. The highest BCUT2D eigenvalue weighted by Gasteiger charge is 2.25. The molecule has 0 fully saturated rings. The molecule has 0 radical (unpaired) electrons. The number of sulfone groups is 1. The van der Waals surface area contributed by atoms with Crippen molar-refractivity contribution in [3.05, 3.63) is 59.0 Å². The molecule has 3 rings (SSSR count). The number of hydrogen-bond donors (Lipinski definition) is 2. The Morgan fingerprint density at radius 3 is 2.22 bits per heavy atom. The number of hydrazone groups is 1. The Morgan fingerprint density at radius 1 is 0.922 bits per heavy atom. The minimum absolute atomic E-state index is 0.0807. The zero-order valence-corrected chi connectivity index (χ0v) is 33.0. The van der Waals surface area contributed by atoms with Crippen molar-refractivity contribution < 1.29 is 32.3 Å². The van der Waals surface area contributed by atoms with E-state index >= 15 is 0 Å². The van der Waals surface area contributed by atoms with Gasteiger partial charge >= 0.3 is 12.1 Å². The van der Waals surface area contributed by atoms with Gasteiger partial charge in [0.2, 0.25) is 15.7 Å². The number of hydrogen-bond acceptors (Lipinski definition) is 10. The molecule has 0 bridgehead atoms. The van der Waals surface area contributed by atoms with Crippen LogP contribution in [-0.2, 0) is 28.9 Å². The van der Waals surface area contributed by atoms with Crippen LogP contribution in [0.1, 0.15) is 102 Å². The zero-order chi connectivity index (χ0) is 37.4. The molecule has 0 spiro atoms. The van der Waals surface area contributed by atoms with Gasteiger partial charge in [-0.25, -0.2) is 18.6 Å². The first-order valence-electron chi connectivity index (χ1n) is 17.4. The topological polar surface area (TPSA) is 140 Å². The molecule has 0 atom stereocenters. The molecule has 0 aliphatic heterocycles. The molecule has 13 heteroatoms. The van der Waals surface area contributed by atoms with Crippen molar-refractivity contribution in [3.8, 4) is 11.1 Å². The average Bonchev–Trinajstić information content (AvgIpc) is 3.49. The molecule has 278 valence electrons. The van der Waals surface area contributed by atoms with Crippen molar-refractivity contribution in [1.29, 1.82) is 0 Å². The number of thioether (sulfide) groups is 1. The van der Waals surface area contributed by atoms with Gasteiger partial charge in [0.15, 0.2) is 0 Å². The molecule has 0 saturated heterocycles. The second-order valence-corrected chi connectivity index (χ2v) is 17.2. The fourth-order valence-electron chi connectivity index (χ4n) is 5.38. The highest BCUT2D eigenvalue weighted by molar-refractivity contribution is 8.01. The standard InChI is InChI=1S/C38H51N3O7S3/c1-7-47-34(43)23-15-13-11-9-8-10-12-14-22-33(42)40-31-21-16-18-27(2)35(31)28-19-17-20-30(24-28)51(45,46)32-25-29(50-36(32)49-6)26-39-41-37(44)48-38(3,4)5/h16-21,24-26H,7-15,22-23H2,1-6H3,(H,40,42)(H,41,44). The Hall–Kier alpha value is -3.68. The van der Waals surface area contributed by atoms with Crippen LogP contribution in [0.5, 0.6) is 0 Å². The second-order valence-electron chi connectivity index (χ2n) is 13.1.